The first-order valence-corrected chi connectivity index (χ1v) is 8.13. The molecule has 4 nitrogen and oxygen atoms in total. The Morgan fingerprint density at radius 3 is 2.43 bits per heavy atom. The van der Waals surface area contributed by atoms with E-state index in [2.05, 4.69) is 4.99 Å². The third-order valence-corrected chi connectivity index (χ3v) is 4.74. The first kappa shape index (κ1) is 15.8. The van der Waals surface area contributed by atoms with E-state index in [1.165, 1.54) is 11.8 Å². The highest BCUT2D eigenvalue weighted by Gasteiger charge is 2.34. The largest absolute Gasteiger partial charge is 0.392 e. The first-order valence-electron chi connectivity index (χ1n) is 7.31. The SMILES string of the molecule is CN=C1S/C(=C\c2ccc(CO)cc2)C(O)N1c1ccccc1. The van der Waals surface area contributed by atoms with Crippen LogP contribution in [-0.2, 0) is 6.61 Å². The van der Waals surface area contributed by atoms with Gasteiger partial charge in [0.25, 0.3) is 0 Å². The number of aliphatic imine (C=N–C) groups is 1. The van der Waals surface area contributed by atoms with Crippen LogP contribution in [0.2, 0.25) is 0 Å². The predicted molar refractivity (Wildman–Crippen MR) is 96.2 cm³/mol. The van der Waals surface area contributed by atoms with E-state index in [4.69, 9.17) is 5.11 Å². The summed E-state index contributed by atoms with van der Waals surface area (Å²) in [6.07, 6.45) is 1.20. The average molecular weight is 326 g/mol. The number of aliphatic hydroxyl groups is 2. The quantitative estimate of drug-likeness (QED) is 0.910. The Balaban J connectivity index is 1.91. The van der Waals surface area contributed by atoms with Crippen molar-refractivity contribution in [2.75, 3.05) is 11.9 Å². The molecule has 0 bridgehead atoms. The zero-order valence-electron chi connectivity index (χ0n) is 12.8. The number of benzene rings is 2. The van der Waals surface area contributed by atoms with Gasteiger partial charge in [0, 0.05) is 17.6 Å². The van der Waals surface area contributed by atoms with Crippen molar-refractivity contribution in [1.29, 1.82) is 0 Å². The Morgan fingerprint density at radius 2 is 1.83 bits per heavy atom. The van der Waals surface area contributed by atoms with Gasteiger partial charge in [-0.1, -0.05) is 54.2 Å². The summed E-state index contributed by atoms with van der Waals surface area (Å²) in [6.45, 7) is 0.0304. The van der Waals surface area contributed by atoms with Crippen molar-refractivity contribution in [3.8, 4) is 0 Å². The van der Waals surface area contributed by atoms with Gasteiger partial charge in [-0.15, -0.1) is 0 Å². The van der Waals surface area contributed by atoms with Gasteiger partial charge in [-0.25, -0.2) is 0 Å². The summed E-state index contributed by atoms with van der Waals surface area (Å²) >= 11 is 1.46. The van der Waals surface area contributed by atoms with Gasteiger partial charge in [0.1, 0.15) is 0 Å². The number of anilines is 1. The highest BCUT2D eigenvalue weighted by Crippen LogP contribution is 2.38. The summed E-state index contributed by atoms with van der Waals surface area (Å²) < 4.78 is 0. The van der Waals surface area contributed by atoms with Crippen LogP contribution in [-0.4, -0.2) is 28.7 Å². The van der Waals surface area contributed by atoms with Crippen LogP contribution < -0.4 is 4.90 Å². The molecule has 118 valence electrons. The lowest BCUT2D eigenvalue weighted by atomic mass is 10.1. The molecule has 2 N–H and O–H groups in total. The maximum atomic E-state index is 10.7. The van der Waals surface area contributed by atoms with Crippen LogP contribution in [0.3, 0.4) is 0 Å². The lowest BCUT2D eigenvalue weighted by Gasteiger charge is -2.21. The van der Waals surface area contributed by atoms with Crippen LogP contribution >= 0.6 is 11.8 Å². The molecule has 0 spiro atoms. The van der Waals surface area contributed by atoms with Gasteiger partial charge in [0.05, 0.1) is 6.61 Å². The minimum atomic E-state index is -0.751. The molecule has 0 amide bonds. The summed E-state index contributed by atoms with van der Waals surface area (Å²) in [6, 6.07) is 17.3. The van der Waals surface area contributed by atoms with Crippen LogP contribution in [0.25, 0.3) is 6.08 Å². The molecule has 23 heavy (non-hydrogen) atoms. The summed E-state index contributed by atoms with van der Waals surface area (Å²) in [5, 5.41) is 20.5. The van der Waals surface area contributed by atoms with Gasteiger partial charge in [-0.2, -0.15) is 0 Å². The first-order chi connectivity index (χ1) is 11.2. The smallest absolute Gasteiger partial charge is 0.170 e. The van der Waals surface area contributed by atoms with Crippen molar-refractivity contribution < 1.29 is 10.2 Å². The van der Waals surface area contributed by atoms with Gasteiger partial charge in [0.15, 0.2) is 11.4 Å². The molecule has 1 aliphatic heterocycles. The van der Waals surface area contributed by atoms with Crippen LogP contribution in [0.15, 0.2) is 64.5 Å². The number of hydrogen-bond donors (Lipinski definition) is 2. The van der Waals surface area contributed by atoms with Crippen LogP contribution in [0, 0.1) is 0 Å². The minimum absolute atomic E-state index is 0.0304. The van der Waals surface area contributed by atoms with Crippen molar-refractivity contribution in [3.63, 3.8) is 0 Å². The fourth-order valence-corrected chi connectivity index (χ4v) is 3.43. The van der Waals surface area contributed by atoms with Crippen molar-refractivity contribution in [1.82, 2.24) is 0 Å². The Morgan fingerprint density at radius 1 is 1.13 bits per heavy atom. The molecule has 1 unspecified atom stereocenters. The van der Waals surface area contributed by atoms with Gasteiger partial charge in [-0.05, 0) is 29.3 Å². The number of nitrogens with zero attached hydrogens (tertiary/aromatic N) is 2. The molecule has 0 radical (unpaired) electrons. The number of para-hydroxylation sites is 1. The normalized spacial score (nSPS) is 21.3. The Hall–Kier alpha value is -2.08. The standard InChI is InChI=1S/C18H18N2O2S/c1-19-18-20(15-5-3-2-4-6-15)17(22)16(23-18)11-13-7-9-14(12-21)10-8-13/h2-11,17,21-22H,12H2,1H3/b16-11-,19-18?. The van der Waals surface area contributed by atoms with E-state index < -0.39 is 6.23 Å². The summed E-state index contributed by atoms with van der Waals surface area (Å²) in [7, 11) is 1.73. The monoisotopic (exact) mass is 326 g/mol. The average Bonchev–Trinajstić information content (AvgIpc) is 2.92. The zero-order chi connectivity index (χ0) is 16.2. The molecule has 1 saturated heterocycles. The second-order valence-corrected chi connectivity index (χ2v) is 6.17. The fraction of sp³-hybridized carbons (Fsp3) is 0.167. The van der Waals surface area contributed by atoms with Crippen molar-refractivity contribution in [3.05, 3.63) is 70.6 Å². The minimum Gasteiger partial charge on any atom is -0.392 e. The van der Waals surface area contributed by atoms with E-state index in [9.17, 15) is 5.11 Å². The van der Waals surface area contributed by atoms with Gasteiger partial charge >= 0.3 is 0 Å². The summed E-state index contributed by atoms with van der Waals surface area (Å²) in [5.41, 5.74) is 2.76. The van der Waals surface area contributed by atoms with E-state index in [0.29, 0.717) is 0 Å². The molecule has 1 aliphatic rings. The molecule has 1 atom stereocenters. The highest BCUT2D eigenvalue weighted by molar-refractivity contribution is 8.18. The highest BCUT2D eigenvalue weighted by atomic mass is 32.2. The van der Waals surface area contributed by atoms with Gasteiger partial charge in [0.2, 0.25) is 0 Å². The lowest BCUT2D eigenvalue weighted by molar-refractivity contribution is 0.233. The van der Waals surface area contributed by atoms with Crippen molar-refractivity contribution >= 4 is 28.7 Å². The second kappa shape index (κ2) is 7.00. The molecule has 0 saturated carbocycles. The van der Waals surface area contributed by atoms with Gasteiger partial charge < -0.3 is 10.2 Å². The Kier molecular flexibility index (Phi) is 4.81. The third-order valence-electron chi connectivity index (χ3n) is 3.61. The maximum Gasteiger partial charge on any atom is 0.170 e. The number of thioether (sulfide) groups is 1. The maximum absolute atomic E-state index is 10.7. The number of amidine groups is 1. The summed E-state index contributed by atoms with van der Waals surface area (Å²) in [5.74, 6) is 0. The van der Waals surface area contributed by atoms with Crippen LogP contribution in [0.4, 0.5) is 5.69 Å². The second-order valence-electron chi connectivity index (χ2n) is 5.13. The van der Waals surface area contributed by atoms with E-state index in [1.807, 2.05) is 65.6 Å². The van der Waals surface area contributed by atoms with Gasteiger partial charge in [-0.3, -0.25) is 9.89 Å². The van der Waals surface area contributed by atoms with E-state index in [-0.39, 0.29) is 6.61 Å². The Bertz CT molecular complexity index is 726. The molecule has 3 rings (SSSR count). The summed E-state index contributed by atoms with van der Waals surface area (Å²) in [4.78, 5) is 6.93. The third kappa shape index (κ3) is 3.32. The van der Waals surface area contributed by atoms with Crippen LogP contribution in [0.5, 0.6) is 0 Å². The Labute approximate surface area is 139 Å². The topological polar surface area (TPSA) is 56.1 Å². The predicted octanol–water partition coefficient (Wildman–Crippen LogP) is 3.08. The molecule has 0 aromatic heterocycles. The van der Waals surface area contributed by atoms with E-state index >= 15 is 0 Å². The molecule has 0 aliphatic carbocycles. The molecule has 5 heteroatoms. The molecule has 2 aromatic rings. The number of rotatable bonds is 3. The van der Waals surface area contributed by atoms with Crippen molar-refractivity contribution in [2.45, 2.75) is 12.8 Å². The molecular weight excluding hydrogens is 308 g/mol. The number of hydrogen-bond acceptors (Lipinski definition) is 4. The van der Waals surface area contributed by atoms with E-state index in [1.54, 1.807) is 7.05 Å². The van der Waals surface area contributed by atoms with Crippen LogP contribution in [0.1, 0.15) is 11.1 Å². The lowest BCUT2D eigenvalue weighted by Crippen LogP contribution is -2.32. The molecular formula is C18H18N2O2S. The molecule has 1 heterocycles. The molecule has 2 aromatic carbocycles. The fourth-order valence-electron chi connectivity index (χ4n) is 2.42. The number of aliphatic hydroxyl groups excluding tert-OH is 2. The van der Waals surface area contributed by atoms with E-state index in [0.717, 1.165) is 26.9 Å². The molecule has 1 fully saturated rings. The zero-order valence-corrected chi connectivity index (χ0v) is 13.6. The van der Waals surface area contributed by atoms with Crippen molar-refractivity contribution in [2.24, 2.45) is 4.99 Å².